The molecule has 1 aromatic carbocycles. The predicted molar refractivity (Wildman–Crippen MR) is 71.0 cm³/mol. The van der Waals surface area contributed by atoms with Gasteiger partial charge in [0.25, 0.3) is 0 Å². The van der Waals surface area contributed by atoms with E-state index >= 15 is 0 Å². The average Bonchev–Trinajstić information content (AvgIpc) is 2.71. The third kappa shape index (κ3) is 2.20. The van der Waals surface area contributed by atoms with Crippen LogP contribution in [0.5, 0.6) is 0 Å². The molecule has 0 aliphatic carbocycles. The summed E-state index contributed by atoms with van der Waals surface area (Å²) in [4.78, 5) is 0. The van der Waals surface area contributed by atoms with Crippen molar-refractivity contribution in [2.45, 2.75) is 13.3 Å². The van der Waals surface area contributed by atoms with Crippen molar-refractivity contribution in [1.29, 1.82) is 0 Å². The van der Waals surface area contributed by atoms with Crippen molar-refractivity contribution in [3.63, 3.8) is 0 Å². The molecular formula is C13H15BrN2. The van der Waals surface area contributed by atoms with Gasteiger partial charge in [-0.3, -0.25) is 0 Å². The van der Waals surface area contributed by atoms with E-state index in [-0.39, 0.29) is 0 Å². The average molecular weight is 279 g/mol. The molecule has 0 atom stereocenters. The number of hydrogen-bond donors (Lipinski definition) is 1. The van der Waals surface area contributed by atoms with E-state index in [2.05, 4.69) is 63.9 Å². The molecule has 0 radical (unpaired) electrons. The van der Waals surface area contributed by atoms with Crippen LogP contribution in [0.4, 0.5) is 0 Å². The molecule has 0 unspecified atom stereocenters. The normalized spacial score (nSPS) is 10.7. The Morgan fingerprint density at radius 1 is 1.31 bits per heavy atom. The summed E-state index contributed by atoms with van der Waals surface area (Å²) in [5.74, 6) is 0. The quantitative estimate of drug-likeness (QED) is 0.919. The zero-order valence-electron chi connectivity index (χ0n) is 9.28. The van der Waals surface area contributed by atoms with Crippen molar-refractivity contribution < 1.29 is 0 Å². The van der Waals surface area contributed by atoms with Crippen molar-refractivity contribution in [1.82, 2.24) is 4.57 Å². The van der Waals surface area contributed by atoms with Crippen LogP contribution in [-0.4, -0.2) is 11.1 Å². The molecule has 0 fully saturated rings. The molecule has 2 rings (SSSR count). The van der Waals surface area contributed by atoms with E-state index in [0.29, 0.717) is 6.54 Å². The summed E-state index contributed by atoms with van der Waals surface area (Å²) in [6.45, 7) is 2.77. The first-order valence-electron chi connectivity index (χ1n) is 5.35. The summed E-state index contributed by atoms with van der Waals surface area (Å²) in [6, 6.07) is 10.5. The third-order valence-electron chi connectivity index (χ3n) is 2.67. The molecule has 0 aliphatic heterocycles. The molecule has 3 heteroatoms. The Labute approximate surface area is 104 Å². The van der Waals surface area contributed by atoms with Gasteiger partial charge in [-0.15, -0.1) is 0 Å². The van der Waals surface area contributed by atoms with Gasteiger partial charge in [0.05, 0.1) is 0 Å². The van der Waals surface area contributed by atoms with E-state index in [0.717, 1.165) is 10.9 Å². The molecule has 0 saturated carbocycles. The molecule has 84 valence electrons. The number of nitrogens with two attached hydrogens (primary N) is 1. The largest absolute Gasteiger partial charge is 0.330 e. The van der Waals surface area contributed by atoms with Gasteiger partial charge >= 0.3 is 0 Å². The molecule has 2 nitrogen and oxygen atoms in total. The van der Waals surface area contributed by atoms with E-state index in [1.165, 1.54) is 16.9 Å². The fourth-order valence-corrected chi connectivity index (χ4v) is 2.12. The molecule has 1 aromatic heterocycles. The van der Waals surface area contributed by atoms with Gasteiger partial charge in [-0.25, -0.2) is 0 Å². The maximum Gasteiger partial charge on any atom is 0.0463 e. The minimum Gasteiger partial charge on any atom is -0.330 e. The van der Waals surface area contributed by atoms with Crippen LogP contribution in [0.25, 0.3) is 5.69 Å². The number of nitrogens with zero attached hydrogens (tertiary/aromatic N) is 1. The van der Waals surface area contributed by atoms with Gasteiger partial charge in [0.2, 0.25) is 0 Å². The lowest BCUT2D eigenvalue weighted by Crippen LogP contribution is -2.07. The standard InChI is InChI=1S/C13H15BrN2/c1-10-4-5-12(9-13(10)14)16-8-2-3-11(16)6-7-15/h2-5,8-9H,6-7,15H2,1H3. The Bertz CT molecular complexity index is 488. The molecular weight excluding hydrogens is 264 g/mol. The lowest BCUT2D eigenvalue weighted by Gasteiger charge is -2.10. The van der Waals surface area contributed by atoms with Crippen molar-refractivity contribution in [3.8, 4) is 5.69 Å². The lowest BCUT2D eigenvalue weighted by atomic mass is 10.2. The highest BCUT2D eigenvalue weighted by Crippen LogP contribution is 2.21. The van der Waals surface area contributed by atoms with Gasteiger partial charge in [-0.2, -0.15) is 0 Å². The van der Waals surface area contributed by atoms with Crippen LogP contribution in [0.1, 0.15) is 11.3 Å². The van der Waals surface area contributed by atoms with E-state index in [9.17, 15) is 0 Å². The maximum atomic E-state index is 5.60. The predicted octanol–water partition coefficient (Wildman–Crippen LogP) is 3.05. The highest BCUT2D eigenvalue weighted by atomic mass is 79.9. The highest BCUT2D eigenvalue weighted by molar-refractivity contribution is 9.10. The topological polar surface area (TPSA) is 30.9 Å². The van der Waals surface area contributed by atoms with Crippen molar-refractivity contribution in [3.05, 3.63) is 52.3 Å². The van der Waals surface area contributed by atoms with E-state index in [1.807, 2.05) is 0 Å². The second-order valence-electron chi connectivity index (χ2n) is 3.84. The van der Waals surface area contributed by atoms with Crippen molar-refractivity contribution >= 4 is 15.9 Å². The van der Waals surface area contributed by atoms with Crippen LogP contribution in [-0.2, 0) is 6.42 Å². The Morgan fingerprint density at radius 2 is 2.12 bits per heavy atom. The molecule has 0 saturated heterocycles. The summed E-state index contributed by atoms with van der Waals surface area (Å²) in [7, 11) is 0. The molecule has 2 N–H and O–H groups in total. The fraction of sp³-hybridized carbons (Fsp3) is 0.231. The van der Waals surface area contributed by atoms with Gasteiger partial charge in [-0.1, -0.05) is 22.0 Å². The van der Waals surface area contributed by atoms with Gasteiger partial charge in [0.1, 0.15) is 0 Å². The number of aromatic nitrogens is 1. The minimum absolute atomic E-state index is 0.678. The lowest BCUT2D eigenvalue weighted by molar-refractivity contribution is 0.874. The van der Waals surface area contributed by atoms with E-state index < -0.39 is 0 Å². The monoisotopic (exact) mass is 278 g/mol. The number of benzene rings is 1. The summed E-state index contributed by atoms with van der Waals surface area (Å²) in [6.07, 6.45) is 2.97. The summed E-state index contributed by atoms with van der Waals surface area (Å²) in [5, 5.41) is 0. The van der Waals surface area contributed by atoms with Crippen LogP contribution >= 0.6 is 15.9 Å². The first kappa shape index (κ1) is 11.4. The Hall–Kier alpha value is -1.06. The van der Waals surface area contributed by atoms with Crippen LogP contribution < -0.4 is 5.73 Å². The Kier molecular flexibility index (Phi) is 3.46. The first-order chi connectivity index (χ1) is 7.72. The van der Waals surface area contributed by atoms with Crippen molar-refractivity contribution in [2.75, 3.05) is 6.54 Å². The van der Waals surface area contributed by atoms with Gasteiger partial charge in [0, 0.05) is 28.5 Å². The fourth-order valence-electron chi connectivity index (χ4n) is 1.75. The van der Waals surface area contributed by atoms with E-state index in [1.54, 1.807) is 0 Å². The number of halogens is 1. The number of aryl methyl sites for hydroxylation is 1. The zero-order chi connectivity index (χ0) is 11.5. The first-order valence-corrected chi connectivity index (χ1v) is 6.14. The van der Waals surface area contributed by atoms with Crippen LogP contribution in [0.3, 0.4) is 0 Å². The molecule has 2 aromatic rings. The van der Waals surface area contributed by atoms with Gasteiger partial charge in [0.15, 0.2) is 0 Å². The van der Waals surface area contributed by atoms with Crippen LogP contribution in [0, 0.1) is 6.92 Å². The molecule has 0 aliphatic rings. The van der Waals surface area contributed by atoms with Gasteiger partial charge < -0.3 is 10.3 Å². The van der Waals surface area contributed by atoms with Crippen LogP contribution in [0.2, 0.25) is 0 Å². The molecule has 1 heterocycles. The summed E-state index contributed by atoms with van der Waals surface area (Å²) >= 11 is 3.56. The zero-order valence-corrected chi connectivity index (χ0v) is 10.9. The molecule has 16 heavy (non-hydrogen) atoms. The maximum absolute atomic E-state index is 5.60. The summed E-state index contributed by atoms with van der Waals surface area (Å²) in [5.41, 5.74) is 9.27. The Morgan fingerprint density at radius 3 is 2.81 bits per heavy atom. The summed E-state index contributed by atoms with van der Waals surface area (Å²) < 4.78 is 3.31. The second-order valence-corrected chi connectivity index (χ2v) is 4.70. The van der Waals surface area contributed by atoms with Gasteiger partial charge in [-0.05, 0) is 43.3 Å². The number of rotatable bonds is 3. The Balaban J connectivity index is 2.42. The van der Waals surface area contributed by atoms with Crippen molar-refractivity contribution in [2.24, 2.45) is 5.73 Å². The molecule has 0 spiro atoms. The molecule has 0 amide bonds. The smallest absolute Gasteiger partial charge is 0.0463 e. The molecule has 0 bridgehead atoms. The van der Waals surface area contributed by atoms with Crippen LogP contribution in [0.15, 0.2) is 41.0 Å². The highest BCUT2D eigenvalue weighted by Gasteiger charge is 2.03. The minimum atomic E-state index is 0.678. The second kappa shape index (κ2) is 4.85. The third-order valence-corrected chi connectivity index (χ3v) is 3.52. The van der Waals surface area contributed by atoms with E-state index in [4.69, 9.17) is 5.73 Å². The number of hydrogen-bond acceptors (Lipinski definition) is 1. The SMILES string of the molecule is Cc1ccc(-n2cccc2CCN)cc1Br.